The van der Waals surface area contributed by atoms with E-state index < -0.39 is 0 Å². The first-order valence-corrected chi connectivity index (χ1v) is 12.6. The molecule has 0 aliphatic rings. The average Bonchev–Trinajstić information content (AvgIpc) is 2.99. The highest BCUT2D eigenvalue weighted by Gasteiger charge is 2.08. The SMILES string of the molecule is c1ccc(-c2ccc(Nc3ccc(-c4cc(-c5ccccc5)cc(-c5ccccc5)c4)cc3)cc2)cc1. The van der Waals surface area contributed by atoms with Crippen LogP contribution in [-0.4, -0.2) is 0 Å². The second kappa shape index (κ2) is 10.4. The summed E-state index contributed by atoms with van der Waals surface area (Å²) in [5.41, 5.74) is 11.9. The summed E-state index contributed by atoms with van der Waals surface area (Å²) in [5.74, 6) is 0. The smallest absolute Gasteiger partial charge is 0.0384 e. The molecule has 0 fully saturated rings. The quantitative estimate of drug-likeness (QED) is 0.254. The van der Waals surface area contributed by atoms with E-state index in [4.69, 9.17) is 0 Å². The van der Waals surface area contributed by atoms with E-state index in [2.05, 4.69) is 157 Å². The molecule has 1 nitrogen and oxygen atoms in total. The van der Waals surface area contributed by atoms with E-state index in [0.717, 1.165) is 11.4 Å². The Hall–Kier alpha value is -4.88. The van der Waals surface area contributed by atoms with Crippen molar-refractivity contribution in [2.24, 2.45) is 0 Å². The Labute approximate surface area is 218 Å². The minimum atomic E-state index is 1.07. The van der Waals surface area contributed by atoms with Crippen LogP contribution in [0.1, 0.15) is 0 Å². The van der Waals surface area contributed by atoms with Gasteiger partial charge < -0.3 is 5.32 Å². The fraction of sp³-hybridized carbons (Fsp3) is 0. The molecule has 0 aliphatic carbocycles. The molecule has 0 bridgehead atoms. The number of nitrogens with one attached hydrogen (secondary N) is 1. The van der Waals surface area contributed by atoms with Gasteiger partial charge in [-0.2, -0.15) is 0 Å². The molecule has 0 radical (unpaired) electrons. The number of anilines is 2. The fourth-order valence-corrected chi connectivity index (χ4v) is 4.68. The van der Waals surface area contributed by atoms with Crippen LogP contribution in [0.4, 0.5) is 11.4 Å². The first-order chi connectivity index (χ1) is 18.3. The zero-order chi connectivity index (χ0) is 24.9. The van der Waals surface area contributed by atoms with E-state index in [0.29, 0.717) is 0 Å². The summed E-state index contributed by atoms with van der Waals surface area (Å²) in [4.78, 5) is 0. The van der Waals surface area contributed by atoms with Gasteiger partial charge in [0.1, 0.15) is 0 Å². The number of rotatable bonds is 6. The molecule has 6 rings (SSSR count). The molecule has 1 N–H and O–H groups in total. The van der Waals surface area contributed by atoms with Crippen molar-refractivity contribution in [3.63, 3.8) is 0 Å². The van der Waals surface area contributed by atoms with Crippen molar-refractivity contribution in [1.82, 2.24) is 0 Å². The second-order valence-electron chi connectivity index (χ2n) is 9.18. The molecule has 0 aromatic heterocycles. The van der Waals surface area contributed by atoms with E-state index in [1.54, 1.807) is 0 Å². The maximum Gasteiger partial charge on any atom is 0.0384 e. The standard InChI is InChI=1S/C36H27N/c1-4-10-27(11-5-1)30-16-20-35(21-17-30)37-36-22-18-31(19-23-36)34-25-32(28-12-6-2-7-13-28)24-33(26-34)29-14-8-3-9-15-29/h1-26,37H. The molecule has 0 saturated heterocycles. The van der Waals surface area contributed by atoms with Gasteiger partial charge in [-0.05, 0) is 87.0 Å². The Balaban J connectivity index is 1.28. The highest BCUT2D eigenvalue weighted by atomic mass is 14.9. The highest BCUT2D eigenvalue weighted by Crippen LogP contribution is 2.33. The van der Waals surface area contributed by atoms with Gasteiger partial charge in [0.25, 0.3) is 0 Å². The molecule has 0 saturated carbocycles. The van der Waals surface area contributed by atoms with Crippen LogP contribution >= 0.6 is 0 Å². The number of benzene rings is 6. The van der Waals surface area contributed by atoms with Gasteiger partial charge in [0.15, 0.2) is 0 Å². The van der Waals surface area contributed by atoms with Gasteiger partial charge in [-0.1, -0.05) is 115 Å². The normalized spacial score (nSPS) is 10.7. The summed E-state index contributed by atoms with van der Waals surface area (Å²) < 4.78 is 0. The summed E-state index contributed by atoms with van der Waals surface area (Å²) in [6.07, 6.45) is 0. The molecule has 6 aromatic rings. The molecule has 0 unspecified atom stereocenters. The Morgan fingerprint density at radius 3 is 0.865 bits per heavy atom. The van der Waals surface area contributed by atoms with Gasteiger partial charge in [-0.15, -0.1) is 0 Å². The van der Waals surface area contributed by atoms with Crippen molar-refractivity contribution in [3.8, 4) is 44.5 Å². The molecule has 0 spiro atoms. The topological polar surface area (TPSA) is 12.0 Å². The molecule has 0 aliphatic heterocycles. The number of hydrogen-bond donors (Lipinski definition) is 1. The van der Waals surface area contributed by atoms with E-state index in [1.165, 1.54) is 44.5 Å². The molecular weight excluding hydrogens is 446 g/mol. The summed E-state index contributed by atoms with van der Waals surface area (Å²) >= 11 is 0. The minimum absolute atomic E-state index is 1.07. The molecule has 176 valence electrons. The zero-order valence-corrected chi connectivity index (χ0v) is 20.5. The van der Waals surface area contributed by atoms with Crippen LogP contribution in [0.2, 0.25) is 0 Å². The summed E-state index contributed by atoms with van der Waals surface area (Å²) in [7, 11) is 0. The van der Waals surface area contributed by atoms with E-state index in [-0.39, 0.29) is 0 Å². The third-order valence-electron chi connectivity index (χ3n) is 6.65. The molecule has 1 heteroatoms. The Morgan fingerprint density at radius 1 is 0.243 bits per heavy atom. The van der Waals surface area contributed by atoms with Crippen molar-refractivity contribution in [2.45, 2.75) is 0 Å². The van der Waals surface area contributed by atoms with Gasteiger partial charge in [0, 0.05) is 11.4 Å². The molecule has 37 heavy (non-hydrogen) atoms. The second-order valence-corrected chi connectivity index (χ2v) is 9.18. The van der Waals surface area contributed by atoms with Crippen LogP contribution in [0.3, 0.4) is 0 Å². The maximum absolute atomic E-state index is 3.54. The Morgan fingerprint density at radius 2 is 0.514 bits per heavy atom. The van der Waals surface area contributed by atoms with Crippen molar-refractivity contribution in [1.29, 1.82) is 0 Å². The average molecular weight is 474 g/mol. The minimum Gasteiger partial charge on any atom is -0.356 e. The third kappa shape index (κ3) is 5.22. The van der Waals surface area contributed by atoms with Crippen LogP contribution in [0.5, 0.6) is 0 Å². The van der Waals surface area contributed by atoms with E-state index >= 15 is 0 Å². The van der Waals surface area contributed by atoms with Gasteiger partial charge in [0.05, 0.1) is 0 Å². The van der Waals surface area contributed by atoms with E-state index in [9.17, 15) is 0 Å². The van der Waals surface area contributed by atoms with Gasteiger partial charge in [-0.3, -0.25) is 0 Å². The van der Waals surface area contributed by atoms with Crippen molar-refractivity contribution >= 4 is 11.4 Å². The molecule has 6 aromatic carbocycles. The first-order valence-electron chi connectivity index (χ1n) is 12.6. The lowest BCUT2D eigenvalue weighted by molar-refractivity contribution is 1.53. The van der Waals surface area contributed by atoms with Crippen molar-refractivity contribution in [2.75, 3.05) is 5.32 Å². The Bertz CT molecular complexity index is 1530. The van der Waals surface area contributed by atoms with Crippen LogP contribution in [0.25, 0.3) is 44.5 Å². The van der Waals surface area contributed by atoms with Crippen LogP contribution in [0, 0.1) is 0 Å². The predicted octanol–water partition coefficient (Wildman–Crippen LogP) is 10.1. The predicted molar refractivity (Wildman–Crippen MR) is 158 cm³/mol. The Kier molecular flexibility index (Phi) is 6.34. The maximum atomic E-state index is 3.54. The van der Waals surface area contributed by atoms with Gasteiger partial charge in [0.2, 0.25) is 0 Å². The fourth-order valence-electron chi connectivity index (χ4n) is 4.68. The van der Waals surface area contributed by atoms with Crippen LogP contribution < -0.4 is 5.32 Å². The number of hydrogen-bond acceptors (Lipinski definition) is 1. The summed E-state index contributed by atoms with van der Waals surface area (Å²) in [6, 6.07) is 55.8. The van der Waals surface area contributed by atoms with E-state index in [1.807, 2.05) is 6.07 Å². The molecule has 0 amide bonds. The van der Waals surface area contributed by atoms with Gasteiger partial charge in [-0.25, -0.2) is 0 Å². The molecule has 0 atom stereocenters. The molecule has 0 heterocycles. The van der Waals surface area contributed by atoms with Crippen molar-refractivity contribution in [3.05, 3.63) is 158 Å². The van der Waals surface area contributed by atoms with Crippen molar-refractivity contribution < 1.29 is 0 Å². The van der Waals surface area contributed by atoms with Crippen LogP contribution in [0.15, 0.2) is 158 Å². The molecular formula is C36H27N. The lowest BCUT2D eigenvalue weighted by atomic mass is 9.93. The van der Waals surface area contributed by atoms with Crippen LogP contribution in [-0.2, 0) is 0 Å². The first kappa shape index (κ1) is 22.6. The van der Waals surface area contributed by atoms with Gasteiger partial charge >= 0.3 is 0 Å². The lowest BCUT2D eigenvalue weighted by Crippen LogP contribution is -1.91. The lowest BCUT2D eigenvalue weighted by Gasteiger charge is -2.12. The largest absolute Gasteiger partial charge is 0.356 e. The third-order valence-corrected chi connectivity index (χ3v) is 6.65. The highest BCUT2D eigenvalue weighted by molar-refractivity contribution is 5.81. The zero-order valence-electron chi connectivity index (χ0n) is 20.5. The summed E-state index contributed by atoms with van der Waals surface area (Å²) in [5, 5.41) is 3.54. The monoisotopic (exact) mass is 473 g/mol. The summed E-state index contributed by atoms with van der Waals surface area (Å²) in [6.45, 7) is 0.